The van der Waals surface area contributed by atoms with Gasteiger partial charge < -0.3 is 40.4 Å². The molecule has 3 N–H and O–H groups in total. The Kier molecular flexibility index (Phi) is 9.92. The molecule has 61 heavy (non-hydrogen) atoms. The third-order valence-electron chi connectivity index (χ3n) is 14.0. The Bertz CT molecular complexity index is 2280. The number of fused-ring (bicyclic) bond motifs is 3. The van der Waals surface area contributed by atoms with E-state index in [9.17, 15) is 24.0 Å². The zero-order valence-corrected chi connectivity index (χ0v) is 35.6. The number of nitrogens with one attached hydrogen (secondary N) is 3. The van der Waals surface area contributed by atoms with Gasteiger partial charge in [-0.3, -0.25) is 38.4 Å². The summed E-state index contributed by atoms with van der Waals surface area (Å²) >= 11 is 12.7. The van der Waals surface area contributed by atoms with E-state index >= 15 is 14.4 Å². The first-order chi connectivity index (χ1) is 29.0. The summed E-state index contributed by atoms with van der Waals surface area (Å²) in [6.45, 7) is 4.70. The number of amides is 8. The Balaban J connectivity index is 1.07. The number of carbonyl (C=O) groups excluding carboxylic acids is 8. The molecule has 7 aliphatic heterocycles. The molecule has 322 valence electrons. The van der Waals surface area contributed by atoms with Gasteiger partial charge in [0.2, 0.25) is 35.4 Å². The van der Waals surface area contributed by atoms with Crippen LogP contribution in [0, 0.1) is 5.92 Å². The second-order valence-corrected chi connectivity index (χ2v) is 19.0. The molecule has 0 saturated carbocycles. The molecule has 0 aliphatic carbocycles. The monoisotopic (exact) mass is 874 g/mol. The molecule has 18 heteroatoms. The molecule has 0 aromatic heterocycles. The first kappa shape index (κ1) is 41.1. The lowest BCUT2D eigenvalue weighted by Gasteiger charge is -2.49. The molecule has 7 heterocycles. The van der Waals surface area contributed by atoms with Crippen molar-refractivity contribution in [3.8, 4) is 0 Å². The molecule has 8 atom stereocenters. The van der Waals surface area contributed by atoms with Gasteiger partial charge in [-0.05, 0) is 48.4 Å². The summed E-state index contributed by atoms with van der Waals surface area (Å²) in [7, 11) is 0. The molecule has 2 aromatic carbocycles. The van der Waals surface area contributed by atoms with Crippen LogP contribution in [0.2, 0.25) is 10.0 Å². The lowest BCUT2D eigenvalue weighted by atomic mass is 9.84. The molecule has 0 radical (unpaired) electrons. The van der Waals surface area contributed by atoms with Crippen molar-refractivity contribution in [2.24, 2.45) is 5.92 Å². The molecule has 0 bridgehead atoms. The van der Waals surface area contributed by atoms with Crippen molar-refractivity contribution in [2.45, 2.75) is 113 Å². The summed E-state index contributed by atoms with van der Waals surface area (Å²) in [6.07, 6.45) is 0.677. The highest BCUT2D eigenvalue weighted by atomic mass is 35.5. The zero-order chi connectivity index (χ0) is 43.3. The molecule has 8 amide bonds. The van der Waals surface area contributed by atoms with E-state index in [1.54, 1.807) is 25.1 Å². The minimum Gasteiger partial charge on any atom is -0.342 e. The van der Waals surface area contributed by atoms with Crippen LogP contribution in [0.5, 0.6) is 0 Å². The van der Waals surface area contributed by atoms with E-state index in [2.05, 4.69) is 16.0 Å². The summed E-state index contributed by atoms with van der Waals surface area (Å²) in [4.78, 5) is 123. The minimum atomic E-state index is -1.72. The molecule has 3 spiro atoms. The Morgan fingerprint density at radius 3 is 2.00 bits per heavy atom. The van der Waals surface area contributed by atoms with Crippen molar-refractivity contribution in [1.82, 2.24) is 40.4 Å². The van der Waals surface area contributed by atoms with Gasteiger partial charge in [-0.1, -0.05) is 80.4 Å². The van der Waals surface area contributed by atoms with Gasteiger partial charge in [0.25, 0.3) is 11.8 Å². The van der Waals surface area contributed by atoms with Crippen LogP contribution >= 0.6 is 23.2 Å². The van der Waals surface area contributed by atoms with Crippen molar-refractivity contribution >= 4 is 70.5 Å². The third kappa shape index (κ3) is 6.29. The van der Waals surface area contributed by atoms with Crippen LogP contribution in [0.4, 0.5) is 0 Å². The number of piperazine rings is 4. The molecule has 2 aromatic rings. The standard InChI is InChI=1S/C43H48Cl2N8O8/c1-4-28-33(54)48-41(38(59)47-28)15-31-36(57)52(18-23(2)3)43(39(60)50(31)20-41)17-32-37(58)53(19-25-10-12-26(44)27(45)14-25)42(40(61)51(32)22-43)16-30-34(55)46-29(35(56)49(30)21-42)13-11-24-8-6-5-7-9-24/h5-10,12,14,23,28-32H,4,11,13,15-22H2,1-3H3,(H,46,55)(H,47,59)(H,48,54). The number of hydrogen-bond donors (Lipinski definition) is 3. The predicted octanol–water partition coefficient (Wildman–Crippen LogP) is 1.01. The Labute approximate surface area is 362 Å². The normalized spacial score (nSPS) is 33.3. The van der Waals surface area contributed by atoms with Gasteiger partial charge in [0.05, 0.1) is 29.7 Å². The van der Waals surface area contributed by atoms with E-state index in [4.69, 9.17) is 23.2 Å². The van der Waals surface area contributed by atoms with Crippen LogP contribution in [-0.4, -0.2) is 145 Å². The highest BCUT2D eigenvalue weighted by molar-refractivity contribution is 6.42. The maximum absolute atomic E-state index is 15.5. The first-order valence-corrected chi connectivity index (χ1v) is 21.7. The van der Waals surface area contributed by atoms with Crippen molar-refractivity contribution < 1.29 is 38.4 Å². The van der Waals surface area contributed by atoms with Gasteiger partial charge in [0, 0.05) is 32.4 Å². The smallest absolute Gasteiger partial charge is 0.251 e. The van der Waals surface area contributed by atoms with Crippen LogP contribution in [0.15, 0.2) is 48.5 Å². The molecule has 16 nitrogen and oxygen atoms in total. The molecule has 7 fully saturated rings. The number of hydrogen-bond acceptors (Lipinski definition) is 8. The fourth-order valence-corrected chi connectivity index (χ4v) is 11.2. The highest BCUT2D eigenvalue weighted by Crippen LogP contribution is 2.49. The SMILES string of the molecule is CCC1NC(=O)C2(CC3C(=O)N(CC(C)C)C4(CC5C(=O)N(Cc6ccc(Cl)c(Cl)c6)C6(CC7C(=O)NC(CCc8ccccc8)C(=O)N7C6)C(=O)N5C4)C(=O)N3C2)NC1=O. The van der Waals surface area contributed by atoms with Gasteiger partial charge in [-0.2, -0.15) is 0 Å². The van der Waals surface area contributed by atoms with Crippen molar-refractivity contribution in [2.75, 3.05) is 26.2 Å². The topological polar surface area (TPSA) is 189 Å². The first-order valence-electron chi connectivity index (χ1n) is 21.0. The number of aryl methyl sites for hydroxylation is 1. The van der Waals surface area contributed by atoms with Gasteiger partial charge >= 0.3 is 0 Å². The predicted molar refractivity (Wildman–Crippen MR) is 219 cm³/mol. The summed E-state index contributed by atoms with van der Waals surface area (Å²) < 4.78 is 0. The van der Waals surface area contributed by atoms with Gasteiger partial charge in [0.15, 0.2) is 0 Å². The Morgan fingerprint density at radius 1 is 0.672 bits per heavy atom. The molecule has 7 aliphatic rings. The maximum atomic E-state index is 15.5. The summed E-state index contributed by atoms with van der Waals surface area (Å²) in [5.41, 5.74) is -3.41. The number of nitrogens with zero attached hydrogens (tertiary/aromatic N) is 5. The second-order valence-electron chi connectivity index (χ2n) is 18.2. The summed E-state index contributed by atoms with van der Waals surface area (Å²) in [5, 5.41) is 8.99. The Hall–Kier alpha value is -5.22. The number of rotatable bonds is 8. The highest BCUT2D eigenvalue weighted by Gasteiger charge is 2.72. The average molecular weight is 876 g/mol. The van der Waals surface area contributed by atoms with E-state index < -0.39 is 88.2 Å². The van der Waals surface area contributed by atoms with Crippen LogP contribution in [-0.2, 0) is 51.3 Å². The molecular formula is C43H48Cl2N8O8. The maximum Gasteiger partial charge on any atom is 0.251 e. The minimum absolute atomic E-state index is 0.119. The van der Waals surface area contributed by atoms with Crippen LogP contribution in [0.3, 0.4) is 0 Å². The van der Waals surface area contributed by atoms with Crippen LogP contribution in [0.1, 0.15) is 64.0 Å². The van der Waals surface area contributed by atoms with Crippen molar-refractivity contribution in [1.29, 1.82) is 0 Å². The molecular weight excluding hydrogens is 827 g/mol. The van der Waals surface area contributed by atoms with Crippen LogP contribution in [0.25, 0.3) is 0 Å². The molecule has 7 saturated heterocycles. The summed E-state index contributed by atoms with van der Waals surface area (Å²) in [5.74, 6) is -3.82. The lowest BCUT2D eigenvalue weighted by Crippen LogP contribution is -2.72. The van der Waals surface area contributed by atoms with Crippen molar-refractivity contribution in [3.63, 3.8) is 0 Å². The van der Waals surface area contributed by atoms with E-state index in [0.717, 1.165) is 5.56 Å². The van der Waals surface area contributed by atoms with Gasteiger partial charge in [-0.15, -0.1) is 0 Å². The van der Waals surface area contributed by atoms with E-state index in [1.807, 2.05) is 44.2 Å². The third-order valence-corrected chi connectivity index (χ3v) is 14.7. The van der Waals surface area contributed by atoms with E-state index in [1.165, 1.54) is 24.5 Å². The average Bonchev–Trinajstić information content (AvgIpc) is 3.96. The largest absolute Gasteiger partial charge is 0.342 e. The van der Waals surface area contributed by atoms with Gasteiger partial charge in [0.1, 0.15) is 46.8 Å². The van der Waals surface area contributed by atoms with Crippen LogP contribution < -0.4 is 16.0 Å². The quantitative estimate of drug-likeness (QED) is 0.351. The summed E-state index contributed by atoms with van der Waals surface area (Å²) in [6, 6.07) is 9.53. The lowest BCUT2D eigenvalue weighted by molar-refractivity contribution is -0.170. The fourth-order valence-electron chi connectivity index (χ4n) is 10.9. The zero-order valence-electron chi connectivity index (χ0n) is 34.1. The fraction of sp³-hybridized carbons (Fsp3) is 0.535. The van der Waals surface area contributed by atoms with Gasteiger partial charge in [-0.25, -0.2) is 0 Å². The molecule has 8 unspecified atom stereocenters. The van der Waals surface area contributed by atoms with Crippen molar-refractivity contribution in [3.05, 3.63) is 69.7 Å². The Morgan fingerprint density at radius 2 is 1.31 bits per heavy atom. The van der Waals surface area contributed by atoms with E-state index in [0.29, 0.717) is 24.8 Å². The molecule has 9 rings (SSSR count). The second kappa shape index (κ2) is 14.7. The number of halogens is 2. The number of carbonyl (C=O) groups is 8. The number of benzene rings is 2. The van der Waals surface area contributed by atoms with E-state index in [-0.39, 0.29) is 73.9 Å².